The molecule has 2 aromatic carbocycles. The van der Waals surface area contributed by atoms with E-state index in [1.807, 2.05) is 37.3 Å². The molecular formula is C23H23N3O4S2. The zero-order valence-corrected chi connectivity index (χ0v) is 19.2. The molecule has 1 aliphatic heterocycles. The fourth-order valence-corrected chi connectivity index (χ4v) is 5.97. The van der Waals surface area contributed by atoms with E-state index in [9.17, 15) is 18.0 Å². The number of anilines is 1. The summed E-state index contributed by atoms with van der Waals surface area (Å²) < 4.78 is 28.4. The number of carbonyl (C=O) groups is 2. The Balaban J connectivity index is 1.44. The molecule has 9 heteroatoms. The fourth-order valence-electron chi connectivity index (χ4n) is 3.52. The molecule has 0 atom stereocenters. The maximum absolute atomic E-state index is 13.1. The Morgan fingerprint density at radius 2 is 1.44 bits per heavy atom. The van der Waals surface area contributed by atoms with Gasteiger partial charge in [0.1, 0.15) is 9.77 Å². The van der Waals surface area contributed by atoms with Gasteiger partial charge >= 0.3 is 0 Å². The normalized spacial score (nSPS) is 14.3. The molecule has 1 fully saturated rings. The SMILES string of the molecule is Cc1ccc(NS(=O)(=O)c2ccsc2C(=O)N2CCN(C(=O)c3ccccc3)CC2)cc1. The highest BCUT2D eigenvalue weighted by molar-refractivity contribution is 7.93. The van der Waals surface area contributed by atoms with Crippen molar-refractivity contribution in [3.8, 4) is 0 Å². The lowest BCUT2D eigenvalue weighted by Crippen LogP contribution is -2.50. The van der Waals surface area contributed by atoms with Crippen molar-refractivity contribution < 1.29 is 18.0 Å². The fraction of sp³-hybridized carbons (Fsp3) is 0.217. The van der Waals surface area contributed by atoms with Crippen LogP contribution >= 0.6 is 11.3 Å². The molecule has 4 rings (SSSR count). The maximum Gasteiger partial charge on any atom is 0.265 e. The average Bonchev–Trinajstić information content (AvgIpc) is 3.31. The summed E-state index contributed by atoms with van der Waals surface area (Å²) in [5, 5.41) is 1.60. The number of sulfonamides is 1. The van der Waals surface area contributed by atoms with Crippen LogP contribution in [0.4, 0.5) is 5.69 Å². The molecule has 0 radical (unpaired) electrons. The highest BCUT2D eigenvalue weighted by Crippen LogP contribution is 2.26. The molecule has 1 aromatic heterocycles. The summed E-state index contributed by atoms with van der Waals surface area (Å²) >= 11 is 1.10. The second-order valence-corrected chi connectivity index (χ2v) is 10.1. The molecule has 1 aliphatic rings. The van der Waals surface area contributed by atoms with Gasteiger partial charge in [0.05, 0.1) is 0 Å². The minimum absolute atomic E-state index is 0.0316. The first-order valence-electron chi connectivity index (χ1n) is 10.2. The van der Waals surface area contributed by atoms with Crippen LogP contribution < -0.4 is 4.72 Å². The molecule has 0 spiro atoms. The largest absolute Gasteiger partial charge is 0.335 e. The average molecular weight is 470 g/mol. The van der Waals surface area contributed by atoms with Crippen molar-refractivity contribution in [2.45, 2.75) is 11.8 Å². The monoisotopic (exact) mass is 469 g/mol. The number of nitrogens with one attached hydrogen (secondary N) is 1. The number of amides is 2. The van der Waals surface area contributed by atoms with Crippen LogP contribution in [-0.4, -0.2) is 56.2 Å². The standard InChI is InChI=1S/C23H23N3O4S2/c1-17-7-9-19(10-8-17)24-32(29,30)20-11-16-31-21(20)23(28)26-14-12-25(13-15-26)22(27)18-5-3-2-4-6-18/h2-11,16,24H,12-15H2,1H3. The third kappa shape index (κ3) is 4.68. The van der Waals surface area contributed by atoms with E-state index in [-0.39, 0.29) is 21.6 Å². The number of hydrogen-bond donors (Lipinski definition) is 1. The van der Waals surface area contributed by atoms with Gasteiger partial charge in [-0.3, -0.25) is 14.3 Å². The van der Waals surface area contributed by atoms with E-state index >= 15 is 0 Å². The van der Waals surface area contributed by atoms with E-state index < -0.39 is 10.0 Å². The molecule has 1 N–H and O–H groups in total. The number of hydrogen-bond acceptors (Lipinski definition) is 5. The van der Waals surface area contributed by atoms with Crippen molar-refractivity contribution in [2.75, 3.05) is 30.9 Å². The molecule has 32 heavy (non-hydrogen) atoms. The Morgan fingerprint density at radius 1 is 0.844 bits per heavy atom. The van der Waals surface area contributed by atoms with Gasteiger partial charge in [-0.05, 0) is 42.6 Å². The van der Waals surface area contributed by atoms with E-state index in [0.717, 1.165) is 16.9 Å². The van der Waals surface area contributed by atoms with Gasteiger partial charge in [0.25, 0.3) is 21.8 Å². The van der Waals surface area contributed by atoms with E-state index in [1.54, 1.807) is 39.4 Å². The number of aryl methyl sites for hydroxylation is 1. The van der Waals surface area contributed by atoms with Gasteiger partial charge in [-0.2, -0.15) is 0 Å². The van der Waals surface area contributed by atoms with Gasteiger partial charge in [-0.1, -0.05) is 35.9 Å². The van der Waals surface area contributed by atoms with Crippen LogP contribution in [0.1, 0.15) is 25.6 Å². The summed E-state index contributed by atoms with van der Waals surface area (Å²) in [4.78, 5) is 29.2. The van der Waals surface area contributed by atoms with Crippen molar-refractivity contribution in [2.24, 2.45) is 0 Å². The van der Waals surface area contributed by atoms with Crippen molar-refractivity contribution in [1.82, 2.24) is 9.80 Å². The summed E-state index contributed by atoms with van der Waals surface area (Å²) in [5.74, 6) is -0.407. The number of piperazine rings is 1. The van der Waals surface area contributed by atoms with Crippen LogP contribution in [0, 0.1) is 6.92 Å². The smallest absolute Gasteiger partial charge is 0.265 e. The Hall–Kier alpha value is -3.17. The van der Waals surface area contributed by atoms with Gasteiger partial charge in [0.2, 0.25) is 0 Å². The lowest BCUT2D eigenvalue weighted by atomic mass is 10.2. The topological polar surface area (TPSA) is 86.8 Å². The first-order valence-corrected chi connectivity index (χ1v) is 12.5. The van der Waals surface area contributed by atoms with Crippen LogP contribution in [-0.2, 0) is 10.0 Å². The van der Waals surface area contributed by atoms with Crippen LogP contribution in [0.15, 0.2) is 70.9 Å². The second kappa shape index (κ2) is 9.13. The second-order valence-electron chi connectivity index (χ2n) is 7.54. The Kier molecular flexibility index (Phi) is 6.29. The highest BCUT2D eigenvalue weighted by Gasteiger charge is 2.30. The Labute approximate surface area is 191 Å². The summed E-state index contributed by atoms with van der Waals surface area (Å²) in [6.45, 7) is 3.41. The molecular weight excluding hydrogens is 446 g/mol. The first-order chi connectivity index (χ1) is 15.3. The molecule has 0 unspecified atom stereocenters. The van der Waals surface area contributed by atoms with E-state index in [4.69, 9.17) is 0 Å². The number of thiophene rings is 1. The minimum atomic E-state index is -3.91. The van der Waals surface area contributed by atoms with E-state index in [0.29, 0.717) is 37.4 Å². The van der Waals surface area contributed by atoms with E-state index in [1.165, 1.54) is 6.07 Å². The Bertz CT molecular complexity index is 1210. The molecule has 166 valence electrons. The third-order valence-electron chi connectivity index (χ3n) is 5.29. The van der Waals surface area contributed by atoms with Crippen molar-refractivity contribution in [3.05, 3.63) is 82.0 Å². The van der Waals surface area contributed by atoms with Crippen molar-refractivity contribution in [3.63, 3.8) is 0 Å². The van der Waals surface area contributed by atoms with Gasteiger partial charge in [-0.15, -0.1) is 11.3 Å². The predicted octanol–water partition coefficient (Wildman–Crippen LogP) is 3.46. The van der Waals surface area contributed by atoms with Gasteiger partial charge in [-0.25, -0.2) is 8.42 Å². The molecule has 0 bridgehead atoms. The maximum atomic E-state index is 13.1. The summed E-state index contributed by atoms with van der Waals surface area (Å²) in [6, 6.07) is 17.5. The summed E-state index contributed by atoms with van der Waals surface area (Å²) in [5.41, 5.74) is 2.07. The lowest BCUT2D eigenvalue weighted by molar-refractivity contribution is 0.0536. The molecule has 0 saturated carbocycles. The van der Waals surface area contributed by atoms with Crippen LogP contribution in [0.5, 0.6) is 0 Å². The van der Waals surface area contributed by atoms with Crippen LogP contribution in [0.25, 0.3) is 0 Å². The van der Waals surface area contributed by atoms with Crippen molar-refractivity contribution in [1.29, 1.82) is 0 Å². The zero-order valence-electron chi connectivity index (χ0n) is 17.5. The predicted molar refractivity (Wildman–Crippen MR) is 125 cm³/mol. The molecule has 2 amide bonds. The number of carbonyl (C=O) groups excluding carboxylic acids is 2. The van der Waals surface area contributed by atoms with Gasteiger partial charge < -0.3 is 9.80 Å². The summed E-state index contributed by atoms with van der Waals surface area (Å²) in [7, 11) is -3.91. The van der Waals surface area contributed by atoms with Crippen LogP contribution in [0.2, 0.25) is 0 Å². The lowest BCUT2D eigenvalue weighted by Gasteiger charge is -2.34. The zero-order chi connectivity index (χ0) is 22.7. The number of rotatable bonds is 5. The van der Waals surface area contributed by atoms with Gasteiger partial charge in [0, 0.05) is 37.4 Å². The molecule has 1 saturated heterocycles. The third-order valence-corrected chi connectivity index (χ3v) is 7.75. The quantitative estimate of drug-likeness (QED) is 0.620. The van der Waals surface area contributed by atoms with Crippen LogP contribution in [0.3, 0.4) is 0 Å². The highest BCUT2D eigenvalue weighted by atomic mass is 32.2. The molecule has 7 nitrogen and oxygen atoms in total. The Morgan fingerprint density at radius 3 is 2.06 bits per heavy atom. The van der Waals surface area contributed by atoms with Gasteiger partial charge in [0.15, 0.2) is 0 Å². The minimum Gasteiger partial charge on any atom is -0.335 e. The molecule has 0 aliphatic carbocycles. The number of nitrogens with zero attached hydrogens (tertiary/aromatic N) is 2. The summed E-state index contributed by atoms with van der Waals surface area (Å²) in [6.07, 6.45) is 0. The van der Waals surface area contributed by atoms with E-state index in [2.05, 4.69) is 4.72 Å². The molecule has 3 aromatic rings. The number of benzene rings is 2. The first kappa shape index (κ1) is 22.0. The van der Waals surface area contributed by atoms with Crippen molar-refractivity contribution >= 4 is 38.9 Å². The molecule has 2 heterocycles.